The third kappa shape index (κ3) is 2.82. The summed E-state index contributed by atoms with van der Waals surface area (Å²) in [5.74, 6) is -0.00968. The number of hydrogen-bond donors (Lipinski definition) is 2. The number of rotatable bonds is 2. The summed E-state index contributed by atoms with van der Waals surface area (Å²) in [5, 5.41) is 10.9. The van der Waals surface area contributed by atoms with Crippen molar-refractivity contribution in [2.24, 2.45) is 0 Å². The Morgan fingerprint density at radius 1 is 1.76 bits per heavy atom. The highest BCUT2D eigenvalue weighted by Crippen LogP contribution is 2.22. The normalized spacial score (nSPS) is 25.0. The van der Waals surface area contributed by atoms with E-state index in [1.807, 2.05) is 12.3 Å². The molecule has 1 aliphatic rings. The summed E-state index contributed by atoms with van der Waals surface area (Å²) in [5.41, 5.74) is 0. The standard InChI is InChI=1S/C11H15NO3S2/c1-7-5-15-8(4-13)3-12(7)11(14)10-2-9(16)6-17-10/h2,6-8,13,16H,3-5H2,1H3. The van der Waals surface area contributed by atoms with Crippen LogP contribution in [0.15, 0.2) is 16.3 Å². The van der Waals surface area contributed by atoms with Crippen LogP contribution >= 0.6 is 24.0 Å². The first kappa shape index (κ1) is 12.9. The highest BCUT2D eigenvalue weighted by atomic mass is 32.1. The molecule has 2 heterocycles. The van der Waals surface area contributed by atoms with Crippen LogP contribution in [0, 0.1) is 0 Å². The van der Waals surface area contributed by atoms with Crippen LogP contribution in [0.1, 0.15) is 16.6 Å². The van der Waals surface area contributed by atoms with E-state index in [1.165, 1.54) is 11.3 Å². The Hall–Kier alpha value is -0.560. The van der Waals surface area contributed by atoms with Crippen molar-refractivity contribution < 1.29 is 14.6 Å². The van der Waals surface area contributed by atoms with Gasteiger partial charge in [0.1, 0.15) is 0 Å². The van der Waals surface area contributed by atoms with Gasteiger partial charge in [0.15, 0.2) is 0 Å². The van der Waals surface area contributed by atoms with Crippen LogP contribution < -0.4 is 0 Å². The molecule has 6 heteroatoms. The van der Waals surface area contributed by atoms with E-state index in [4.69, 9.17) is 9.84 Å². The molecule has 1 N–H and O–H groups in total. The lowest BCUT2D eigenvalue weighted by Gasteiger charge is -2.37. The fourth-order valence-electron chi connectivity index (χ4n) is 1.79. The minimum absolute atomic E-state index is 0.00968. The second kappa shape index (κ2) is 5.39. The number of aliphatic hydroxyl groups excluding tert-OH is 1. The monoisotopic (exact) mass is 273 g/mol. The minimum Gasteiger partial charge on any atom is -0.394 e. The van der Waals surface area contributed by atoms with Gasteiger partial charge in [-0.1, -0.05) is 0 Å². The first-order valence-electron chi connectivity index (χ1n) is 5.42. The van der Waals surface area contributed by atoms with Crippen molar-refractivity contribution in [3.05, 3.63) is 16.3 Å². The minimum atomic E-state index is -0.273. The smallest absolute Gasteiger partial charge is 0.264 e. The lowest BCUT2D eigenvalue weighted by molar-refractivity contribution is -0.0666. The van der Waals surface area contributed by atoms with Crippen molar-refractivity contribution in [3.8, 4) is 0 Å². The van der Waals surface area contributed by atoms with Crippen LogP contribution in [0.5, 0.6) is 0 Å². The molecule has 2 unspecified atom stereocenters. The van der Waals surface area contributed by atoms with Gasteiger partial charge in [-0.2, -0.15) is 0 Å². The third-order valence-electron chi connectivity index (χ3n) is 2.77. The highest BCUT2D eigenvalue weighted by Gasteiger charge is 2.30. The van der Waals surface area contributed by atoms with Crippen molar-refractivity contribution >= 4 is 29.9 Å². The second-order valence-corrected chi connectivity index (χ2v) is 5.54. The largest absolute Gasteiger partial charge is 0.394 e. The molecule has 94 valence electrons. The Bertz CT molecular complexity index is 407. The fourth-order valence-corrected chi connectivity index (χ4v) is 2.89. The molecule has 0 aromatic carbocycles. The first-order chi connectivity index (χ1) is 8.11. The molecule has 0 saturated carbocycles. The fraction of sp³-hybridized carbons (Fsp3) is 0.545. The third-order valence-corrected chi connectivity index (χ3v) is 4.12. The van der Waals surface area contributed by atoms with E-state index >= 15 is 0 Å². The van der Waals surface area contributed by atoms with Crippen LogP contribution in [0.3, 0.4) is 0 Å². The van der Waals surface area contributed by atoms with Gasteiger partial charge in [-0.3, -0.25) is 4.79 Å². The predicted octanol–water partition coefficient (Wildman–Crippen LogP) is 1.26. The molecule has 0 aliphatic carbocycles. The molecular weight excluding hydrogens is 258 g/mol. The lowest BCUT2D eigenvalue weighted by Crippen LogP contribution is -2.51. The van der Waals surface area contributed by atoms with E-state index in [0.29, 0.717) is 18.0 Å². The Kier molecular flexibility index (Phi) is 4.09. The first-order valence-corrected chi connectivity index (χ1v) is 6.75. The number of ether oxygens (including phenoxy) is 1. The molecule has 1 fully saturated rings. The van der Waals surface area contributed by atoms with Gasteiger partial charge >= 0.3 is 0 Å². The summed E-state index contributed by atoms with van der Waals surface area (Å²) in [7, 11) is 0. The zero-order valence-electron chi connectivity index (χ0n) is 9.50. The highest BCUT2D eigenvalue weighted by molar-refractivity contribution is 7.80. The molecule has 0 radical (unpaired) electrons. The molecule has 0 bridgehead atoms. The number of thiophene rings is 1. The maximum absolute atomic E-state index is 12.3. The number of thiol groups is 1. The van der Waals surface area contributed by atoms with Crippen LogP contribution in [-0.2, 0) is 4.74 Å². The molecule has 1 saturated heterocycles. The summed E-state index contributed by atoms with van der Waals surface area (Å²) < 4.78 is 5.41. The molecule has 4 nitrogen and oxygen atoms in total. The van der Waals surface area contributed by atoms with Crippen molar-refractivity contribution in [2.75, 3.05) is 19.8 Å². The summed E-state index contributed by atoms with van der Waals surface area (Å²) in [4.78, 5) is 15.5. The van der Waals surface area contributed by atoms with E-state index in [-0.39, 0.29) is 24.7 Å². The predicted molar refractivity (Wildman–Crippen MR) is 68.9 cm³/mol. The number of nitrogens with zero attached hydrogens (tertiary/aromatic N) is 1. The van der Waals surface area contributed by atoms with Crippen LogP contribution in [0.4, 0.5) is 0 Å². The molecule has 0 spiro atoms. The van der Waals surface area contributed by atoms with Gasteiger partial charge in [-0.05, 0) is 13.0 Å². The molecule has 2 rings (SSSR count). The lowest BCUT2D eigenvalue weighted by atomic mass is 10.2. The van der Waals surface area contributed by atoms with Gasteiger partial charge in [0, 0.05) is 16.8 Å². The van der Waals surface area contributed by atoms with Crippen LogP contribution in [0.25, 0.3) is 0 Å². The SMILES string of the molecule is CC1COC(CO)CN1C(=O)c1cc(S)cs1. The Morgan fingerprint density at radius 2 is 2.53 bits per heavy atom. The summed E-state index contributed by atoms with van der Waals surface area (Å²) in [6, 6.07) is 1.81. The maximum atomic E-state index is 12.3. The molecule has 1 aromatic rings. The van der Waals surface area contributed by atoms with Crippen LogP contribution in [-0.4, -0.2) is 47.8 Å². The zero-order chi connectivity index (χ0) is 12.4. The average molecular weight is 273 g/mol. The number of aliphatic hydroxyl groups is 1. The second-order valence-electron chi connectivity index (χ2n) is 4.11. The molecule has 1 aliphatic heterocycles. The Balaban J connectivity index is 2.12. The molecular formula is C11H15NO3S2. The summed E-state index contributed by atoms with van der Waals surface area (Å²) >= 11 is 5.59. The molecule has 17 heavy (non-hydrogen) atoms. The van der Waals surface area contributed by atoms with Crippen LogP contribution in [0.2, 0.25) is 0 Å². The van der Waals surface area contributed by atoms with E-state index < -0.39 is 0 Å². The van der Waals surface area contributed by atoms with Crippen molar-refractivity contribution in [2.45, 2.75) is 24.0 Å². The molecule has 2 atom stereocenters. The van der Waals surface area contributed by atoms with Gasteiger partial charge in [-0.15, -0.1) is 24.0 Å². The van der Waals surface area contributed by atoms with Gasteiger partial charge in [0.2, 0.25) is 0 Å². The van der Waals surface area contributed by atoms with Crippen molar-refractivity contribution in [1.82, 2.24) is 4.90 Å². The van der Waals surface area contributed by atoms with Crippen molar-refractivity contribution in [1.29, 1.82) is 0 Å². The average Bonchev–Trinajstić information content (AvgIpc) is 2.76. The topological polar surface area (TPSA) is 49.8 Å². The summed E-state index contributed by atoms with van der Waals surface area (Å²) in [6.07, 6.45) is -0.273. The van der Waals surface area contributed by atoms with Gasteiger partial charge in [0.25, 0.3) is 5.91 Å². The Labute approximate surface area is 110 Å². The van der Waals surface area contributed by atoms with Gasteiger partial charge < -0.3 is 14.7 Å². The van der Waals surface area contributed by atoms with E-state index in [9.17, 15) is 4.79 Å². The van der Waals surface area contributed by atoms with Gasteiger partial charge in [0.05, 0.1) is 30.2 Å². The van der Waals surface area contributed by atoms with E-state index in [1.54, 1.807) is 11.0 Å². The number of morpholine rings is 1. The maximum Gasteiger partial charge on any atom is 0.264 e. The zero-order valence-corrected chi connectivity index (χ0v) is 11.2. The quantitative estimate of drug-likeness (QED) is 0.798. The summed E-state index contributed by atoms with van der Waals surface area (Å²) in [6.45, 7) is 2.80. The number of hydrogen-bond acceptors (Lipinski definition) is 5. The molecule has 1 aromatic heterocycles. The number of carbonyl (C=O) groups excluding carboxylic acids is 1. The van der Waals surface area contributed by atoms with E-state index in [0.717, 1.165) is 4.90 Å². The van der Waals surface area contributed by atoms with E-state index in [2.05, 4.69) is 12.6 Å². The van der Waals surface area contributed by atoms with Crippen molar-refractivity contribution in [3.63, 3.8) is 0 Å². The molecule has 1 amide bonds. The van der Waals surface area contributed by atoms with Gasteiger partial charge in [-0.25, -0.2) is 0 Å². The number of carbonyl (C=O) groups is 1. The number of amides is 1. The Morgan fingerprint density at radius 3 is 3.12 bits per heavy atom.